The van der Waals surface area contributed by atoms with Crippen molar-refractivity contribution in [3.05, 3.63) is 64.3 Å². The van der Waals surface area contributed by atoms with Gasteiger partial charge in [-0.2, -0.15) is 0 Å². The maximum atomic E-state index is 12.2. The van der Waals surface area contributed by atoms with Gasteiger partial charge in [0.05, 0.1) is 10.6 Å². The number of benzene rings is 2. The smallest absolute Gasteiger partial charge is 0.271 e. The normalized spacial score (nSPS) is 11.5. The zero-order chi connectivity index (χ0) is 16.4. The van der Waals surface area contributed by atoms with Crippen molar-refractivity contribution in [2.75, 3.05) is 4.72 Å². The summed E-state index contributed by atoms with van der Waals surface area (Å²) in [5, 5.41) is 15.1. The fourth-order valence-electron chi connectivity index (χ4n) is 2.12. The van der Waals surface area contributed by atoms with Crippen LogP contribution in [-0.4, -0.2) is 18.5 Å². The Morgan fingerprint density at radius 2 is 1.96 bits per heavy atom. The van der Waals surface area contributed by atoms with Crippen molar-refractivity contribution in [2.24, 2.45) is 0 Å². The SMILES string of the molecule is O=[N+]([O-])c1cccc(NS(=O)(=O)Cc2noc3ccccc23)c1. The first-order valence-corrected chi connectivity index (χ1v) is 8.18. The van der Waals surface area contributed by atoms with Crippen LogP contribution in [0, 0.1) is 10.1 Å². The van der Waals surface area contributed by atoms with Gasteiger partial charge in [0.2, 0.25) is 10.0 Å². The largest absolute Gasteiger partial charge is 0.356 e. The molecule has 1 heterocycles. The Balaban J connectivity index is 1.85. The topological polar surface area (TPSA) is 115 Å². The maximum Gasteiger partial charge on any atom is 0.271 e. The number of fused-ring (bicyclic) bond motifs is 1. The van der Waals surface area contributed by atoms with Crippen LogP contribution in [0.25, 0.3) is 11.0 Å². The lowest BCUT2D eigenvalue weighted by Crippen LogP contribution is -2.15. The highest BCUT2D eigenvalue weighted by molar-refractivity contribution is 7.91. The molecule has 9 heteroatoms. The van der Waals surface area contributed by atoms with E-state index in [1.54, 1.807) is 24.3 Å². The lowest BCUT2D eigenvalue weighted by molar-refractivity contribution is -0.384. The quantitative estimate of drug-likeness (QED) is 0.567. The van der Waals surface area contributed by atoms with Gasteiger partial charge in [-0.3, -0.25) is 14.8 Å². The highest BCUT2D eigenvalue weighted by Crippen LogP contribution is 2.22. The summed E-state index contributed by atoms with van der Waals surface area (Å²) in [6.07, 6.45) is 0. The summed E-state index contributed by atoms with van der Waals surface area (Å²) in [6.45, 7) is 0. The van der Waals surface area contributed by atoms with Crippen molar-refractivity contribution in [3.63, 3.8) is 0 Å². The van der Waals surface area contributed by atoms with Crippen LogP contribution in [-0.2, 0) is 15.8 Å². The van der Waals surface area contributed by atoms with Gasteiger partial charge in [0.15, 0.2) is 5.58 Å². The molecule has 0 saturated heterocycles. The van der Waals surface area contributed by atoms with Crippen molar-refractivity contribution in [2.45, 2.75) is 5.75 Å². The van der Waals surface area contributed by atoms with Crippen LogP contribution < -0.4 is 4.72 Å². The van der Waals surface area contributed by atoms with Crippen LogP contribution in [0.5, 0.6) is 0 Å². The van der Waals surface area contributed by atoms with E-state index >= 15 is 0 Å². The summed E-state index contributed by atoms with van der Waals surface area (Å²) in [6, 6.07) is 12.2. The van der Waals surface area contributed by atoms with E-state index in [9.17, 15) is 18.5 Å². The second kappa shape index (κ2) is 5.69. The average molecular weight is 333 g/mol. The molecule has 3 rings (SSSR count). The molecule has 0 atom stereocenters. The number of para-hydroxylation sites is 1. The first kappa shape index (κ1) is 15.0. The minimum atomic E-state index is -3.79. The number of nitro benzene ring substituents is 1. The standard InChI is InChI=1S/C14H11N3O5S/c18-17(19)11-5-3-4-10(8-11)16-23(20,21)9-13-12-6-1-2-7-14(12)22-15-13/h1-8,16H,9H2. The Bertz CT molecular complexity index is 981. The molecule has 0 aliphatic heterocycles. The van der Waals surface area contributed by atoms with Gasteiger partial charge in [0, 0.05) is 17.5 Å². The van der Waals surface area contributed by atoms with E-state index in [0.717, 1.165) is 6.07 Å². The van der Waals surface area contributed by atoms with E-state index in [1.165, 1.54) is 18.2 Å². The Morgan fingerprint density at radius 1 is 1.17 bits per heavy atom. The fraction of sp³-hybridized carbons (Fsp3) is 0.0714. The predicted octanol–water partition coefficient (Wildman–Crippen LogP) is 2.68. The van der Waals surface area contributed by atoms with E-state index in [4.69, 9.17) is 4.52 Å². The van der Waals surface area contributed by atoms with Gasteiger partial charge in [-0.1, -0.05) is 23.4 Å². The molecule has 0 radical (unpaired) electrons. The average Bonchev–Trinajstić information content (AvgIpc) is 2.90. The third-order valence-electron chi connectivity index (χ3n) is 3.11. The van der Waals surface area contributed by atoms with Gasteiger partial charge in [-0.25, -0.2) is 8.42 Å². The number of rotatable bonds is 5. The third kappa shape index (κ3) is 3.29. The number of nitrogens with one attached hydrogen (secondary N) is 1. The zero-order valence-electron chi connectivity index (χ0n) is 11.7. The molecular formula is C14H11N3O5S. The van der Waals surface area contributed by atoms with Crippen LogP contribution in [0.4, 0.5) is 11.4 Å². The van der Waals surface area contributed by atoms with Crippen LogP contribution in [0.1, 0.15) is 5.69 Å². The Kier molecular flexibility index (Phi) is 3.70. The molecule has 1 N–H and O–H groups in total. The molecule has 118 valence electrons. The molecule has 23 heavy (non-hydrogen) atoms. The Hall–Kier alpha value is -2.94. The third-order valence-corrected chi connectivity index (χ3v) is 4.31. The number of nitrogens with zero attached hydrogens (tertiary/aromatic N) is 2. The maximum absolute atomic E-state index is 12.2. The molecule has 0 spiro atoms. The minimum Gasteiger partial charge on any atom is -0.356 e. The van der Waals surface area contributed by atoms with Crippen molar-refractivity contribution >= 4 is 32.4 Å². The van der Waals surface area contributed by atoms with Gasteiger partial charge >= 0.3 is 0 Å². The molecule has 0 bridgehead atoms. The van der Waals surface area contributed by atoms with Crippen molar-refractivity contribution in [1.82, 2.24) is 5.16 Å². The number of aromatic nitrogens is 1. The summed E-state index contributed by atoms with van der Waals surface area (Å²) in [5.41, 5.74) is 0.690. The summed E-state index contributed by atoms with van der Waals surface area (Å²) in [5.74, 6) is -0.396. The molecule has 0 fully saturated rings. The highest BCUT2D eigenvalue weighted by atomic mass is 32.2. The summed E-state index contributed by atoms with van der Waals surface area (Å²) in [7, 11) is -3.79. The van der Waals surface area contributed by atoms with E-state index in [2.05, 4.69) is 9.88 Å². The van der Waals surface area contributed by atoms with E-state index in [0.29, 0.717) is 11.0 Å². The Labute approximate surface area is 130 Å². The number of hydrogen-bond donors (Lipinski definition) is 1. The summed E-state index contributed by atoms with van der Waals surface area (Å²) >= 11 is 0. The second-order valence-electron chi connectivity index (χ2n) is 4.79. The Morgan fingerprint density at radius 3 is 2.74 bits per heavy atom. The van der Waals surface area contributed by atoms with Crippen LogP contribution in [0.3, 0.4) is 0 Å². The van der Waals surface area contributed by atoms with Crippen LogP contribution >= 0.6 is 0 Å². The van der Waals surface area contributed by atoms with Crippen molar-refractivity contribution in [3.8, 4) is 0 Å². The molecule has 0 unspecified atom stereocenters. The summed E-state index contributed by atoms with van der Waals surface area (Å²) < 4.78 is 31.8. The summed E-state index contributed by atoms with van der Waals surface area (Å²) in [4.78, 5) is 10.1. The molecule has 0 amide bonds. The minimum absolute atomic E-state index is 0.118. The van der Waals surface area contributed by atoms with Crippen LogP contribution in [0.15, 0.2) is 53.1 Å². The van der Waals surface area contributed by atoms with Crippen LogP contribution in [0.2, 0.25) is 0 Å². The van der Waals surface area contributed by atoms with E-state index in [1.807, 2.05) is 0 Å². The molecule has 3 aromatic rings. The lowest BCUT2D eigenvalue weighted by Gasteiger charge is -2.06. The van der Waals surface area contributed by atoms with E-state index < -0.39 is 20.7 Å². The molecule has 0 aliphatic carbocycles. The fourth-order valence-corrected chi connectivity index (χ4v) is 3.25. The lowest BCUT2D eigenvalue weighted by atomic mass is 10.2. The number of nitro groups is 1. The zero-order valence-corrected chi connectivity index (χ0v) is 12.5. The number of sulfonamides is 1. The molecule has 1 aromatic heterocycles. The van der Waals surface area contributed by atoms with E-state index in [-0.39, 0.29) is 17.1 Å². The van der Waals surface area contributed by atoms with Gasteiger partial charge < -0.3 is 4.52 Å². The van der Waals surface area contributed by atoms with Gasteiger partial charge in [0.1, 0.15) is 11.4 Å². The van der Waals surface area contributed by atoms with Crippen molar-refractivity contribution < 1.29 is 17.9 Å². The highest BCUT2D eigenvalue weighted by Gasteiger charge is 2.18. The van der Waals surface area contributed by atoms with Gasteiger partial charge in [-0.05, 0) is 18.2 Å². The monoisotopic (exact) mass is 333 g/mol. The molecule has 8 nitrogen and oxygen atoms in total. The first-order chi connectivity index (χ1) is 10.9. The van der Waals surface area contributed by atoms with Gasteiger partial charge in [-0.15, -0.1) is 0 Å². The predicted molar refractivity (Wildman–Crippen MR) is 83.4 cm³/mol. The second-order valence-corrected chi connectivity index (χ2v) is 6.52. The number of hydrogen-bond acceptors (Lipinski definition) is 6. The molecular weight excluding hydrogens is 322 g/mol. The molecule has 0 saturated carbocycles. The van der Waals surface area contributed by atoms with Gasteiger partial charge in [0.25, 0.3) is 5.69 Å². The molecule has 2 aromatic carbocycles. The molecule has 0 aliphatic rings. The number of anilines is 1. The number of non-ortho nitro benzene ring substituents is 1. The van der Waals surface area contributed by atoms with Crippen molar-refractivity contribution in [1.29, 1.82) is 0 Å². The first-order valence-electron chi connectivity index (χ1n) is 6.53.